The van der Waals surface area contributed by atoms with Gasteiger partial charge in [0.2, 0.25) is 5.91 Å². The molecular weight excluding hydrogens is 366 g/mol. The van der Waals surface area contributed by atoms with Crippen LogP contribution in [0.3, 0.4) is 0 Å². The molecule has 0 saturated carbocycles. The minimum atomic E-state index is -1.51. The Morgan fingerprint density at radius 1 is 1.04 bits per heavy atom. The van der Waals surface area contributed by atoms with E-state index in [1.807, 2.05) is 0 Å². The van der Waals surface area contributed by atoms with Gasteiger partial charge >= 0.3 is 0 Å². The fraction of sp³-hybridized carbons (Fsp3) is 0.938. The van der Waals surface area contributed by atoms with E-state index in [-0.39, 0.29) is 6.61 Å². The molecule has 0 bridgehead atoms. The van der Waals surface area contributed by atoms with E-state index >= 15 is 0 Å². The molecule has 27 heavy (non-hydrogen) atoms. The molecular formula is C16H29NO10. The van der Waals surface area contributed by atoms with Crippen LogP contribution in [0.15, 0.2) is 0 Å². The minimum absolute atomic E-state index is 0.209. The van der Waals surface area contributed by atoms with Crippen molar-refractivity contribution in [3.05, 3.63) is 0 Å². The lowest BCUT2D eigenvalue weighted by atomic mass is 9.94. The highest BCUT2D eigenvalue weighted by Crippen LogP contribution is 2.27. The second-order valence-corrected chi connectivity index (χ2v) is 6.94. The topological polar surface area (TPSA) is 178 Å². The van der Waals surface area contributed by atoms with Gasteiger partial charge in [-0.1, -0.05) is 0 Å². The highest BCUT2D eigenvalue weighted by atomic mass is 16.6. The first-order valence-electron chi connectivity index (χ1n) is 8.84. The summed E-state index contributed by atoms with van der Waals surface area (Å²) in [6, 6.07) is -1.10. The highest BCUT2D eigenvalue weighted by Gasteiger charge is 2.47. The van der Waals surface area contributed by atoms with Crippen molar-refractivity contribution in [2.75, 3.05) is 19.8 Å². The minimum Gasteiger partial charge on any atom is -0.394 e. The molecule has 2 saturated heterocycles. The molecule has 1 amide bonds. The van der Waals surface area contributed by atoms with Gasteiger partial charge in [-0.15, -0.1) is 0 Å². The lowest BCUT2D eigenvalue weighted by Crippen LogP contribution is -2.62. The molecule has 2 fully saturated rings. The van der Waals surface area contributed by atoms with Crippen LogP contribution in [0.25, 0.3) is 0 Å². The molecule has 10 atom stereocenters. The monoisotopic (exact) mass is 395 g/mol. The van der Waals surface area contributed by atoms with Crippen LogP contribution in [0.4, 0.5) is 0 Å². The van der Waals surface area contributed by atoms with Gasteiger partial charge in [-0.3, -0.25) is 4.79 Å². The third kappa shape index (κ3) is 4.94. The third-order valence-electron chi connectivity index (χ3n) is 4.96. The summed E-state index contributed by atoms with van der Waals surface area (Å²) in [7, 11) is 0. The first-order valence-corrected chi connectivity index (χ1v) is 8.84. The summed E-state index contributed by atoms with van der Waals surface area (Å²) in [6.07, 6.45) is -10.6. The maximum absolute atomic E-state index is 11.5. The third-order valence-corrected chi connectivity index (χ3v) is 4.96. The smallest absolute Gasteiger partial charge is 0.217 e. The van der Waals surface area contributed by atoms with Crippen molar-refractivity contribution in [2.45, 2.75) is 74.8 Å². The van der Waals surface area contributed by atoms with Gasteiger partial charge in [0.25, 0.3) is 0 Å². The zero-order valence-electron chi connectivity index (χ0n) is 15.2. The number of carbonyl (C=O) groups is 1. The summed E-state index contributed by atoms with van der Waals surface area (Å²) in [5.74, 6) is -0.490. The Labute approximate surface area is 156 Å². The molecule has 11 heteroatoms. The number of carbonyl (C=O) groups excluding carboxylic acids is 1. The van der Waals surface area contributed by atoms with Gasteiger partial charge in [0, 0.05) is 6.92 Å². The van der Waals surface area contributed by atoms with E-state index in [1.54, 1.807) is 6.92 Å². The van der Waals surface area contributed by atoms with Gasteiger partial charge in [0.05, 0.1) is 32.0 Å². The highest BCUT2D eigenvalue weighted by molar-refractivity contribution is 5.73. The van der Waals surface area contributed by atoms with Crippen molar-refractivity contribution < 1.29 is 49.6 Å². The molecule has 2 aliphatic heterocycles. The van der Waals surface area contributed by atoms with Crippen LogP contribution < -0.4 is 5.32 Å². The summed E-state index contributed by atoms with van der Waals surface area (Å²) in [6.45, 7) is 1.55. The Balaban J connectivity index is 2.21. The van der Waals surface area contributed by atoms with Crippen LogP contribution in [0.5, 0.6) is 0 Å². The fourth-order valence-electron chi connectivity index (χ4n) is 3.44. The molecule has 0 aromatic heterocycles. The van der Waals surface area contributed by atoms with Gasteiger partial charge in [-0.05, 0) is 6.92 Å². The molecule has 2 rings (SSSR count). The Kier molecular flexibility index (Phi) is 7.92. The molecule has 11 nitrogen and oxygen atoms in total. The first kappa shape index (κ1) is 22.4. The zero-order chi connectivity index (χ0) is 20.3. The van der Waals surface area contributed by atoms with Gasteiger partial charge in [0.1, 0.15) is 48.8 Å². The molecule has 158 valence electrons. The van der Waals surface area contributed by atoms with Crippen LogP contribution in [0.1, 0.15) is 13.8 Å². The Morgan fingerprint density at radius 2 is 1.63 bits per heavy atom. The number of rotatable bonds is 5. The number of hydrogen-bond acceptors (Lipinski definition) is 10. The summed E-state index contributed by atoms with van der Waals surface area (Å²) in [5.41, 5.74) is 0. The van der Waals surface area contributed by atoms with E-state index in [0.717, 1.165) is 0 Å². The SMILES string of the molecule is CC(=O)NC1C(OC2C(O)[C@H](O)C(CO)O[C@@H]2C)COC(CO)[C@@H](O)C1O. The van der Waals surface area contributed by atoms with E-state index < -0.39 is 80.1 Å². The van der Waals surface area contributed by atoms with E-state index in [0.29, 0.717) is 0 Å². The second kappa shape index (κ2) is 9.54. The van der Waals surface area contributed by atoms with E-state index in [2.05, 4.69) is 5.32 Å². The standard InChI is InChI=1S/C16H29NO10/c1-6-16(15(24)13(22)9(4-19)26-6)27-10-5-25-8(3-18)12(21)14(23)11(10)17-7(2)20/h6,8-16,18-19,21-24H,3-5H2,1-2H3,(H,17,20)/t6-,8?,9?,10?,11?,12-,13-,14?,15?,16?/m1/s1. The van der Waals surface area contributed by atoms with Gasteiger partial charge in [-0.2, -0.15) is 0 Å². The number of amides is 1. The molecule has 0 aliphatic carbocycles. The van der Waals surface area contributed by atoms with Gasteiger partial charge in [0.15, 0.2) is 0 Å². The summed E-state index contributed by atoms with van der Waals surface area (Å²) < 4.78 is 16.6. The molecule has 0 aromatic rings. The normalized spacial score (nSPS) is 45.9. The van der Waals surface area contributed by atoms with Crippen molar-refractivity contribution in [2.24, 2.45) is 0 Å². The first-order chi connectivity index (χ1) is 12.7. The zero-order valence-corrected chi connectivity index (χ0v) is 15.2. The number of aliphatic hydroxyl groups is 6. The Hall–Kier alpha value is -0.890. The predicted molar refractivity (Wildman–Crippen MR) is 88.5 cm³/mol. The number of aliphatic hydroxyl groups excluding tert-OH is 6. The van der Waals surface area contributed by atoms with E-state index in [9.17, 15) is 35.4 Å². The maximum atomic E-state index is 11.5. The van der Waals surface area contributed by atoms with Gasteiger partial charge in [-0.25, -0.2) is 0 Å². The second-order valence-electron chi connectivity index (χ2n) is 6.94. The van der Waals surface area contributed by atoms with Crippen LogP contribution in [0, 0.1) is 0 Å². The quantitative estimate of drug-likeness (QED) is 0.242. The summed E-state index contributed by atoms with van der Waals surface area (Å²) in [5, 5.41) is 62.0. The molecule has 7 unspecified atom stereocenters. The average Bonchev–Trinajstić information content (AvgIpc) is 2.73. The Morgan fingerprint density at radius 3 is 2.19 bits per heavy atom. The number of ether oxygens (including phenoxy) is 3. The van der Waals surface area contributed by atoms with Crippen LogP contribution in [-0.4, -0.2) is 117 Å². The molecule has 0 radical (unpaired) electrons. The Bertz CT molecular complexity index is 494. The summed E-state index contributed by atoms with van der Waals surface area (Å²) >= 11 is 0. The van der Waals surface area contributed by atoms with Crippen molar-refractivity contribution in [3.63, 3.8) is 0 Å². The van der Waals surface area contributed by atoms with Crippen LogP contribution in [0.2, 0.25) is 0 Å². The fourth-order valence-corrected chi connectivity index (χ4v) is 3.44. The number of nitrogens with one attached hydrogen (secondary N) is 1. The lowest BCUT2D eigenvalue weighted by molar-refractivity contribution is -0.252. The molecule has 0 aromatic carbocycles. The van der Waals surface area contributed by atoms with Gasteiger partial charge < -0.3 is 50.2 Å². The van der Waals surface area contributed by atoms with E-state index in [1.165, 1.54) is 6.92 Å². The van der Waals surface area contributed by atoms with Crippen LogP contribution >= 0.6 is 0 Å². The maximum Gasteiger partial charge on any atom is 0.217 e. The molecule has 2 heterocycles. The van der Waals surface area contributed by atoms with Crippen LogP contribution in [-0.2, 0) is 19.0 Å². The predicted octanol–water partition coefficient (Wildman–Crippen LogP) is -4.14. The van der Waals surface area contributed by atoms with E-state index in [4.69, 9.17) is 14.2 Å². The van der Waals surface area contributed by atoms with Crippen molar-refractivity contribution >= 4 is 5.91 Å². The van der Waals surface area contributed by atoms with Crippen molar-refractivity contribution in [1.82, 2.24) is 5.32 Å². The average molecular weight is 395 g/mol. The number of hydrogen-bond donors (Lipinski definition) is 7. The largest absolute Gasteiger partial charge is 0.394 e. The van der Waals surface area contributed by atoms with Crippen molar-refractivity contribution in [3.8, 4) is 0 Å². The molecule has 0 spiro atoms. The van der Waals surface area contributed by atoms with Crippen molar-refractivity contribution in [1.29, 1.82) is 0 Å². The molecule has 2 aliphatic rings. The lowest BCUT2D eigenvalue weighted by Gasteiger charge is -2.43. The molecule has 7 N–H and O–H groups in total. The summed E-state index contributed by atoms with van der Waals surface area (Å²) in [4.78, 5) is 11.5.